The Bertz CT molecular complexity index is 5110. The smallest absolute Gasteiger partial charge is 0.343 e. The Morgan fingerprint density at radius 3 is 0.705 bits per heavy atom. The van der Waals surface area contributed by atoms with Crippen molar-refractivity contribution in [3.8, 4) is 57.5 Å². The molecular formula is C93H80O12. The van der Waals surface area contributed by atoms with Gasteiger partial charge in [0.2, 0.25) is 0 Å². The van der Waals surface area contributed by atoms with Gasteiger partial charge >= 0.3 is 11.9 Å². The maximum Gasteiger partial charge on any atom is 0.343 e. The minimum Gasteiger partial charge on any atom is -0.493 e. The first kappa shape index (κ1) is 68.5. The van der Waals surface area contributed by atoms with Crippen molar-refractivity contribution >= 4 is 98.1 Å². The number of unbranched alkanes of at least 4 members (excludes halogenated alkanes) is 4. The molecule has 0 fully saturated rings. The van der Waals surface area contributed by atoms with Gasteiger partial charge in [-0.05, 0) is 174 Å². The van der Waals surface area contributed by atoms with E-state index in [4.69, 9.17) is 47.4 Å². The summed E-state index contributed by atoms with van der Waals surface area (Å²) < 4.78 is 63.7. The molecule has 0 bridgehead atoms. The molecular weight excluding hydrogens is 1310 g/mol. The average Bonchev–Trinajstić information content (AvgIpc) is 0.800. The summed E-state index contributed by atoms with van der Waals surface area (Å²) >= 11 is 0. The van der Waals surface area contributed by atoms with Crippen LogP contribution >= 0.6 is 0 Å². The fourth-order valence-corrected chi connectivity index (χ4v) is 13.6. The largest absolute Gasteiger partial charge is 0.493 e. The number of rotatable bonds is 32. The molecule has 0 saturated heterocycles. The summed E-state index contributed by atoms with van der Waals surface area (Å²) in [5, 5.41) is 17.6. The summed E-state index contributed by atoms with van der Waals surface area (Å²) in [7, 11) is 0. The lowest BCUT2D eigenvalue weighted by molar-refractivity contribution is 0.0717. The molecule has 12 nitrogen and oxygen atoms in total. The standard InChI is InChI=1S/C93H80O12/c1-63-52-74(104-92(94)72-57-75(96-44-18-22-48-100-88-79-34-10-2-26-64(79)53-65-27-3-11-35-80(65)88)61-76(58-72)97-45-19-23-49-101-89-81-36-12-4-28-66(81)54-67-29-5-13-37-82(67)89)42-43-87(63)105-93(95)73-59-77(98-46-20-24-50-102-90-83-38-14-6-30-68(83)55-69-31-7-15-39-84(69)90)62-78(60-73)99-47-21-25-51-103-91-85-40-16-8-32-70(85)56-71-33-9-17-41-86(71)91/h2-17,26-43,52-62H,18-25,44-51H2,1H3. The van der Waals surface area contributed by atoms with Crippen LogP contribution in [0.1, 0.15) is 77.6 Å². The molecule has 105 heavy (non-hydrogen) atoms. The SMILES string of the molecule is Cc1cc(OC(=O)c2cc(OCCCCOc3c4ccccc4cc4ccccc34)cc(OCCCCOc3c4ccccc4cc4ccccc34)c2)ccc1OC(=O)c1cc(OCCCCOc2c3ccccc3cc3ccccc23)cc(OCCCCOc2c3ccccc3cc3ccccc23)c1. The van der Waals surface area contributed by atoms with Crippen molar-refractivity contribution in [2.24, 2.45) is 0 Å². The number of esters is 2. The number of carbonyl (C=O) groups is 2. The van der Waals surface area contributed by atoms with E-state index in [1.54, 1.807) is 61.5 Å². The number of ether oxygens (including phenoxy) is 10. The lowest BCUT2D eigenvalue weighted by Gasteiger charge is -2.15. The minimum atomic E-state index is -0.623. The maximum absolute atomic E-state index is 14.3. The van der Waals surface area contributed by atoms with Crippen LogP contribution in [0.5, 0.6) is 57.5 Å². The predicted octanol–water partition coefficient (Wildman–Crippen LogP) is 22.6. The normalized spacial score (nSPS) is 11.4. The van der Waals surface area contributed by atoms with Crippen molar-refractivity contribution in [2.45, 2.75) is 58.3 Å². The Kier molecular flexibility index (Phi) is 21.4. The molecule has 0 radical (unpaired) electrons. The molecule has 0 aliphatic heterocycles. The van der Waals surface area contributed by atoms with Crippen molar-refractivity contribution in [1.82, 2.24) is 0 Å². The van der Waals surface area contributed by atoms with Crippen molar-refractivity contribution < 1.29 is 57.0 Å². The monoisotopic (exact) mass is 1390 g/mol. The van der Waals surface area contributed by atoms with Crippen LogP contribution in [-0.2, 0) is 0 Å². The third kappa shape index (κ3) is 16.3. The average molecular weight is 1390 g/mol. The summed E-state index contributed by atoms with van der Waals surface area (Å²) in [4.78, 5) is 28.6. The molecule has 524 valence electrons. The Morgan fingerprint density at radius 1 is 0.229 bits per heavy atom. The van der Waals surface area contributed by atoms with E-state index in [9.17, 15) is 9.59 Å². The molecule has 0 saturated carbocycles. The summed E-state index contributed by atoms with van der Waals surface area (Å²) in [6.45, 7) is 5.23. The van der Waals surface area contributed by atoms with Gasteiger partial charge in [-0.25, -0.2) is 9.59 Å². The van der Waals surface area contributed by atoms with Gasteiger partial charge in [-0.15, -0.1) is 0 Å². The van der Waals surface area contributed by atoms with E-state index in [-0.39, 0.29) is 22.6 Å². The number of hydrogen-bond acceptors (Lipinski definition) is 12. The minimum absolute atomic E-state index is 0.235. The third-order valence-electron chi connectivity index (χ3n) is 18.9. The highest BCUT2D eigenvalue weighted by atomic mass is 16.5. The van der Waals surface area contributed by atoms with Gasteiger partial charge in [0.1, 0.15) is 57.5 Å². The van der Waals surface area contributed by atoms with Crippen molar-refractivity contribution in [3.63, 3.8) is 0 Å². The number of aryl methyl sites for hydroxylation is 1. The third-order valence-corrected chi connectivity index (χ3v) is 18.9. The Labute approximate surface area is 610 Å². The highest BCUT2D eigenvalue weighted by Gasteiger charge is 2.20. The molecule has 0 unspecified atom stereocenters. The fourth-order valence-electron chi connectivity index (χ4n) is 13.6. The number of hydrogen-bond donors (Lipinski definition) is 0. The fraction of sp³-hybridized carbons (Fsp3) is 0.183. The summed E-state index contributed by atoms with van der Waals surface area (Å²) in [5.41, 5.74) is 1.03. The van der Waals surface area contributed by atoms with Gasteiger partial charge in [-0.3, -0.25) is 0 Å². The van der Waals surface area contributed by atoms with Crippen LogP contribution in [0.4, 0.5) is 0 Å². The Hall–Kier alpha value is -12.3. The van der Waals surface area contributed by atoms with E-state index >= 15 is 0 Å². The van der Waals surface area contributed by atoms with Crippen LogP contribution in [0.25, 0.3) is 86.2 Å². The zero-order chi connectivity index (χ0) is 71.1. The zero-order valence-corrected chi connectivity index (χ0v) is 58.7. The summed E-state index contributed by atoms with van der Waals surface area (Å²) in [6.07, 6.45) is 5.68. The molecule has 0 amide bonds. The van der Waals surface area contributed by atoms with Crippen LogP contribution in [0.2, 0.25) is 0 Å². The second-order valence-electron chi connectivity index (χ2n) is 26.3. The summed E-state index contributed by atoms with van der Waals surface area (Å²) in [6, 6.07) is 90.2. The molecule has 15 aromatic rings. The van der Waals surface area contributed by atoms with Crippen molar-refractivity contribution in [1.29, 1.82) is 0 Å². The van der Waals surface area contributed by atoms with Gasteiger partial charge in [-0.1, -0.05) is 194 Å². The molecule has 0 atom stereocenters. The van der Waals surface area contributed by atoms with Crippen LogP contribution < -0.4 is 47.4 Å². The molecule has 15 rings (SSSR count). The van der Waals surface area contributed by atoms with Crippen molar-refractivity contribution in [2.75, 3.05) is 52.9 Å². The predicted molar refractivity (Wildman–Crippen MR) is 421 cm³/mol. The number of fused-ring (bicyclic) bond motifs is 8. The maximum atomic E-state index is 14.3. The van der Waals surface area contributed by atoms with Gasteiger partial charge in [0.05, 0.1) is 64.0 Å². The van der Waals surface area contributed by atoms with Gasteiger partial charge in [0.15, 0.2) is 0 Å². The highest BCUT2D eigenvalue weighted by Crippen LogP contribution is 2.40. The number of benzene rings is 15. The van der Waals surface area contributed by atoms with Crippen LogP contribution in [0.3, 0.4) is 0 Å². The lowest BCUT2D eigenvalue weighted by Crippen LogP contribution is -2.12. The van der Waals surface area contributed by atoms with E-state index in [1.165, 1.54) is 0 Å². The molecule has 0 aliphatic carbocycles. The first-order chi connectivity index (χ1) is 51.8. The van der Waals surface area contributed by atoms with Gasteiger partial charge in [-0.2, -0.15) is 0 Å². The second-order valence-corrected chi connectivity index (χ2v) is 26.3. The van der Waals surface area contributed by atoms with Gasteiger partial charge < -0.3 is 47.4 Å². The molecule has 0 spiro atoms. The zero-order valence-electron chi connectivity index (χ0n) is 58.7. The molecule has 0 aliphatic rings. The Morgan fingerprint density at radius 2 is 0.457 bits per heavy atom. The van der Waals surface area contributed by atoms with Gasteiger partial charge in [0.25, 0.3) is 0 Å². The topological polar surface area (TPSA) is 126 Å². The second kappa shape index (κ2) is 32.8. The molecule has 12 heteroatoms. The molecule has 0 heterocycles. The quantitative estimate of drug-likeness (QED) is 0.0172. The first-order valence-electron chi connectivity index (χ1n) is 36.3. The van der Waals surface area contributed by atoms with Crippen LogP contribution in [-0.4, -0.2) is 64.8 Å². The van der Waals surface area contributed by atoms with Crippen LogP contribution in [0, 0.1) is 6.92 Å². The van der Waals surface area contributed by atoms with Crippen molar-refractivity contribution in [3.05, 3.63) is 290 Å². The van der Waals surface area contributed by atoms with Crippen LogP contribution in [0.15, 0.2) is 273 Å². The number of carbonyl (C=O) groups excluding carboxylic acids is 2. The van der Waals surface area contributed by atoms with E-state index in [0.29, 0.717) is 107 Å². The van der Waals surface area contributed by atoms with E-state index in [2.05, 4.69) is 121 Å². The van der Waals surface area contributed by atoms with Gasteiger partial charge in [0, 0.05) is 55.2 Å². The summed E-state index contributed by atoms with van der Waals surface area (Å²) in [5.74, 6) is 4.62. The van der Waals surface area contributed by atoms with E-state index in [0.717, 1.165) is 135 Å². The molecule has 0 N–H and O–H groups in total. The molecule has 15 aromatic carbocycles. The first-order valence-corrected chi connectivity index (χ1v) is 36.3. The van der Waals surface area contributed by atoms with E-state index < -0.39 is 11.9 Å². The lowest BCUT2D eigenvalue weighted by atomic mass is 10.0. The molecule has 0 aromatic heterocycles. The highest BCUT2D eigenvalue weighted by molar-refractivity contribution is 6.08. The Balaban J connectivity index is 0.596. The van der Waals surface area contributed by atoms with E-state index in [1.807, 2.05) is 97.1 Å².